The van der Waals surface area contributed by atoms with Gasteiger partial charge in [-0.15, -0.1) is 0 Å². The number of rotatable bonds is 7. The van der Waals surface area contributed by atoms with Crippen LogP contribution in [-0.2, 0) is 0 Å². The Bertz CT molecular complexity index is 1160. The molecular formula is C20H18N6O4. The number of aliphatic hydroxyl groups excluding tert-OH is 2. The highest BCUT2D eigenvalue weighted by Gasteiger charge is 2.23. The fourth-order valence-corrected chi connectivity index (χ4v) is 3.14. The lowest BCUT2D eigenvalue weighted by Crippen LogP contribution is -2.31. The number of benzene rings is 2. The van der Waals surface area contributed by atoms with Gasteiger partial charge in [-0.2, -0.15) is 5.10 Å². The number of non-ortho nitro benzene ring substituents is 1. The predicted molar refractivity (Wildman–Crippen MR) is 109 cm³/mol. The number of hydrogen-bond acceptors (Lipinski definition) is 8. The number of nitro groups is 1. The first-order valence-corrected chi connectivity index (χ1v) is 9.12. The summed E-state index contributed by atoms with van der Waals surface area (Å²) in [7, 11) is 0. The van der Waals surface area contributed by atoms with Gasteiger partial charge in [-0.25, -0.2) is 14.6 Å². The molecule has 0 saturated heterocycles. The zero-order valence-corrected chi connectivity index (χ0v) is 15.7. The molecule has 2 unspecified atom stereocenters. The fourth-order valence-electron chi connectivity index (χ4n) is 3.14. The summed E-state index contributed by atoms with van der Waals surface area (Å²) in [5, 5.41) is 39.3. The van der Waals surface area contributed by atoms with E-state index in [2.05, 4.69) is 20.4 Å². The summed E-state index contributed by atoms with van der Waals surface area (Å²) in [6, 6.07) is 14.2. The van der Waals surface area contributed by atoms with Gasteiger partial charge in [0.15, 0.2) is 5.65 Å². The van der Waals surface area contributed by atoms with Gasteiger partial charge in [-0.1, -0.05) is 18.2 Å². The van der Waals surface area contributed by atoms with Gasteiger partial charge in [-0.05, 0) is 29.8 Å². The Labute approximate surface area is 170 Å². The molecule has 0 aliphatic rings. The fraction of sp³-hybridized carbons (Fsp3) is 0.150. The Morgan fingerprint density at radius 3 is 2.50 bits per heavy atom. The summed E-state index contributed by atoms with van der Waals surface area (Å²) in [6.07, 6.45) is 1.86. The maximum absolute atomic E-state index is 10.8. The van der Waals surface area contributed by atoms with Crippen molar-refractivity contribution in [2.24, 2.45) is 0 Å². The number of fused-ring (bicyclic) bond motifs is 1. The van der Waals surface area contributed by atoms with Crippen molar-refractivity contribution < 1.29 is 15.1 Å². The van der Waals surface area contributed by atoms with Crippen LogP contribution in [-0.4, -0.2) is 47.5 Å². The molecule has 3 N–H and O–H groups in total. The second kappa shape index (κ2) is 8.23. The highest BCUT2D eigenvalue weighted by Crippen LogP contribution is 2.26. The Kier molecular flexibility index (Phi) is 5.33. The second-order valence-corrected chi connectivity index (χ2v) is 6.58. The first kappa shape index (κ1) is 19.4. The topological polar surface area (TPSA) is 139 Å². The van der Waals surface area contributed by atoms with Crippen molar-refractivity contribution in [3.63, 3.8) is 0 Å². The van der Waals surface area contributed by atoms with Gasteiger partial charge in [0, 0.05) is 12.1 Å². The number of nitro benzene ring substituents is 1. The minimum absolute atomic E-state index is 0.0784. The summed E-state index contributed by atoms with van der Waals surface area (Å²) < 4.78 is 1.67. The molecule has 0 radical (unpaired) electrons. The van der Waals surface area contributed by atoms with Crippen LogP contribution in [0.1, 0.15) is 11.7 Å². The van der Waals surface area contributed by atoms with Crippen molar-refractivity contribution in [2.75, 3.05) is 11.9 Å². The van der Waals surface area contributed by atoms with Crippen LogP contribution in [0.25, 0.3) is 16.7 Å². The molecule has 2 atom stereocenters. The van der Waals surface area contributed by atoms with Gasteiger partial charge < -0.3 is 15.5 Å². The highest BCUT2D eigenvalue weighted by atomic mass is 16.6. The van der Waals surface area contributed by atoms with Crippen LogP contribution in [0.3, 0.4) is 0 Å². The van der Waals surface area contributed by atoms with E-state index in [1.165, 1.54) is 30.6 Å². The zero-order valence-electron chi connectivity index (χ0n) is 15.7. The molecular weight excluding hydrogens is 388 g/mol. The van der Waals surface area contributed by atoms with Crippen molar-refractivity contribution in [3.05, 3.63) is 82.8 Å². The number of hydrogen-bond donors (Lipinski definition) is 3. The molecule has 0 bridgehead atoms. The van der Waals surface area contributed by atoms with Gasteiger partial charge in [-0.3, -0.25) is 10.1 Å². The monoisotopic (exact) mass is 406 g/mol. The van der Waals surface area contributed by atoms with E-state index >= 15 is 0 Å². The number of nitrogens with one attached hydrogen (secondary N) is 1. The lowest BCUT2D eigenvalue weighted by Gasteiger charge is -2.23. The van der Waals surface area contributed by atoms with Gasteiger partial charge >= 0.3 is 0 Å². The average Bonchev–Trinajstić information content (AvgIpc) is 3.22. The molecule has 2 aromatic carbocycles. The van der Waals surface area contributed by atoms with E-state index in [0.29, 0.717) is 22.4 Å². The van der Waals surface area contributed by atoms with E-state index in [0.717, 1.165) is 5.69 Å². The van der Waals surface area contributed by atoms with Gasteiger partial charge in [0.2, 0.25) is 0 Å². The number of aromatic nitrogens is 4. The van der Waals surface area contributed by atoms with Crippen LogP contribution in [0.15, 0.2) is 67.1 Å². The van der Waals surface area contributed by atoms with E-state index in [4.69, 9.17) is 0 Å². The summed E-state index contributed by atoms with van der Waals surface area (Å²) in [5.74, 6) is 0.405. The number of anilines is 1. The summed E-state index contributed by atoms with van der Waals surface area (Å²) in [6.45, 7) is -0.392. The molecule has 4 rings (SSSR count). The number of nitrogens with zero attached hydrogens (tertiary/aromatic N) is 5. The van der Waals surface area contributed by atoms with Crippen molar-refractivity contribution in [1.29, 1.82) is 0 Å². The van der Waals surface area contributed by atoms with Crippen LogP contribution in [0.5, 0.6) is 0 Å². The third-order valence-corrected chi connectivity index (χ3v) is 4.71. The molecule has 4 aromatic rings. The van der Waals surface area contributed by atoms with Gasteiger partial charge in [0.05, 0.1) is 34.8 Å². The minimum atomic E-state index is -1.12. The summed E-state index contributed by atoms with van der Waals surface area (Å²) in [5.41, 5.74) is 1.75. The largest absolute Gasteiger partial charge is 0.394 e. The number of aliphatic hydroxyl groups is 2. The zero-order chi connectivity index (χ0) is 21.1. The SMILES string of the molecule is O=[N+]([O-])c1ccc(C(O)C(CO)Nc2ncnc3c2cnn3-c2ccccc2)cc1. The second-order valence-electron chi connectivity index (χ2n) is 6.58. The van der Waals surface area contributed by atoms with Crippen LogP contribution >= 0.6 is 0 Å². The molecule has 0 spiro atoms. The third-order valence-electron chi connectivity index (χ3n) is 4.71. The lowest BCUT2D eigenvalue weighted by atomic mass is 10.0. The molecule has 10 heteroatoms. The highest BCUT2D eigenvalue weighted by molar-refractivity contribution is 5.87. The Hall–Kier alpha value is -3.89. The van der Waals surface area contributed by atoms with Gasteiger partial charge in [0.25, 0.3) is 5.69 Å². The Morgan fingerprint density at radius 2 is 1.83 bits per heavy atom. The maximum atomic E-state index is 10.8. The molecule has 0 amide bonds. The molecule has 0 saturated carbocycles. The quantitative estimate of drug-likeness (QED) is 0.314. The van der Waals surface area contributed by atoms with Crippen molar-refractivity contribution in [1.82, 2.24) is 19.7 Å². The summed E-state index contributed by atoms with van der Waals surface area (Å²) >= 11 is 0. The van der Waals surface area contributed by atoms with Crippen LogP contribution in [0, 0.1) is 10.1 Å². The molecule has 2 heterocycles. The standard InChI is InChI=1S/C20H18N6O4/c27-11-17(18(28)13-6-8-15(9-7-13)26(29)30)24-19-16-10-23-25(20(16)22-12-21-19)14-4-2-1-3-5-14/h1-10,12,17-18,27-28H,11H2,(H,21,22,24). The van der Waals surface area contributed by atoms with Crippen LogP contribution in [0.4, 0.5) is 11.5 Å². The summed E-state index contributed by atoms with van der Waals surface area (Å²) in [4.78, 5) is 18.8. The normalized spacial score (nSPS) is 13.1. The maximum Gasteiger partial charge on any atom is 0.269 e. The van der Waals surface area contributed by atoms with E-state index < -0.39 is 23.7 Å². The van der Waals surface area contributed by atoms with E-state index in [1.54, 1.807) is 10.9 Å². The predicted octanol–water partition coefficient (Wildman–Crippen LogP) is 2.23. The molecule has 0 fully saturated rings. The van der Waals surface area contributed by atoms with Crippen LogP contribution in [0.2, 0.25) is 0 Å². The van der Waals surface area contributed by atoms with Crippen LogP contribution < -0.4 is 5.32 Å². The minimum Gasteiger partial charge on any atom is -0.394 e. The first-order valence-electron chi connectivity index (χ1n) is 9.12. The molecule has 152 valence electrons. The molecule has 30 heavy (non-hydrogen) atoms. The Balaban J connectivity index is 1.62. The molecule has 2 aromatic heterocycles. The molecule has 0 aliphatic carbocycles. The Morgan fingerprint density at radius 1 is 1.10 bits per heavy atom. The third kappa shape index (κ3) is 3.69. The van der Waals surface area contributed by atoms with Crippen molar-refractivity contribution in [3.8, 4) is 5.69 Å². The van der Waals surface area contributed by atoms with E-state index in [1.807, 2.05) is 30.3 Å². The average molecular weight is 406 g/mol. The van der Waals surface area contributed by atoms with E-state index in [9.17, 15) is 20.3 Å². The molecule has 10 nitrogen and oxygen atoms in total. The number of para-hydroxylation sites is 1. The molecule has 0 aliphatic heterocycles. The van der Waals surface area contributed by atoms with Gasteiger partial charge in [0.1, 0.15) is 18.2 Å². The first-order chi connectivity index (χ1) is 14.6. The van der Waals surface area contributed by atoms with Crippen molar-refractivity contribution in [2.45, 2.75) is 12.1 Å². The van der Waals surface area contributed by atoms with Crippen molar-refractivity contribution >= 4 is 22.5 Å². The lowest BCUT2D eigenvalue weighted by molar-refractivity contribution is -0.384. The van der Waals surface area contributed by atoms with E-state index in [-0.39, 0.29) is 5.69 Å². The smallest absolute Gasteiger partial charge is 0.269 e.